The van der Waals surface area contributed by atoms with Crippen molar-refractivity contribution in [3.63, 3.8) is 0 Å². The highest BCUT2D eigenvalue weighted by atomic mass is 35.5. The molecule has 1 aliphatic heterocycles. The predicted molar refractivity (Wildman–Crippen MR) is 120 cm³/mol. The van der Waals surface area contributed by atoms with Crippen LogP contribution in [0, 0.1) is 18.3 Å². The molecule has 0 spiro atoms. The Morgan fingerprint density at radius 2 is 1.74 bits per heavy atom. The van der Waals surface area contributed by atoms with Crippen LogP contribution >= 0.6 is 23.2 Å². The summed E-state index contributed by atoms with van der Waals surface area (Å²) in [5, 5.41) is 12.7. The number of nitriles is 1. The quantitative estimate of drug-likeness (QED) is 0.522. The minimum atomic E-state index is -3.59. The number of carbonyl (C=O) groups excluding carboxylic acids is 1. The van der Waals surface area contributed by atoms with Crippen molar-refractivity contribution >= 4 is 44.8 Å². The molecule has 0 unspecified atom stereocenters. The number of hydrogen-bond donors (Lipinski definition) is 1. The smallest absolute Gasteiger partial charge is 0.267 e. The maximum absolute atomic E-state index is 12.8. The van der Waals surface area contributed by atoms with E-state index in [4.69, 9.17) is 23.2 Å². The lowest BCUT2D eigenvalue weighted by Crippen LogP contribution is -2.46. The van der Waals surface area contributed by atoms with Crippen LogP contribution in [0.5, 0.6) is 0 Å². The highest BCUT2D eigenvalue weighted by Crippen LogP contribution is 2.26. The lowest BCUT2D eigenvalue weighted by molar-refractivity contribution is -0.112. The van der Waals surface area contributed by atoms with Crippen LogP contribution in [0.3, 0.4) is 0 Å². The average Bonchev–Trinajstić information content (AvgIpc) is 2.75. The highest BCUT2D eigenvalue weighted by Gasteiger charge is 2.28. The van der Waals surface area contributed by atoms with Crippen molar-refractivity contribution < 1.29 is 13.2 Å². The molecule has 1 N–H and O–H groups in total. The van der Waals surface area contributed by atoms with Crippen molar-refractivity contribution in [2.24, 2.45) is 0 Å². The van der Waals surface area contributed by atoms with Crippen molar-refractivity contribution in [3.05, 3.63) is 69.8 Å². The topological polar surface area (TPSA) is 93.5 Å². The van der Waals surface area contributed by atoms with E-state index in [9.17, 15) is 18.5 Å². The van der Waals surface area contributed by atoms with Gasteiger partial charge in [-0.25, -0.2) is 8.42 Å². The molecule has 10 heteroatoms. The van der Waals surface area contributed by atoms with E-state index in [1.54, 1.807) is 41.3 Å². The zero-order valence-electron chi connectivity index (χ0n) is 16.7. The fourth-order valence-electron chi connectivity index (χ4n) is 3.04. The Labute approximate surface area is 191 Å². The number of nitrogens with zero attached hydrogens (tertiary/aromatic N) is 3. The fraction of sp³-hybridized carbons (Fsp3) is 0.238. The number of anilines is 1. The molecule has 0 bridgehead atoms. The lowest BCUT2D eigenvalue weighted by atomic mass is 10.2. The standard InChI is InChI=1S/C21H20Cl2N4O3S/c1-15-2-5-18(6-3-15)31(29,30)27-10-8-26(9-11-27)14-16(13-24)21(28)25-20-12-17(22)4-7-19(20)23/h2-7,12,14H,8-11H2,1H3,(H,25,28)/b16-14-. The van der Waals surface area contributed by atoms with Gasteiger partial charge in [0.2, 0.25) is 10.0 Å². The van der Waals surface area contributed by atoms with Gasteiger partial charge in [0, 0.05) is 37.4 Å². The number of hydrogen-bond acceptors (Lipinski definition) is 5. The third-order valence-corrected chi connectivity index (χ3v) is 7.26. The van der Waals surface area contributed by atoms with Gasteiger partial charge in [-0.3, -0.25) is 4.79 Å². The molecule has 1 fully saturated rings. The van der Waals surface area contributed by atoms with Gasteiger partial charge in [0.15, 0.2) is 0 Å². The fourth-order valence-corrected chi connectivity index (χ4v) is 4.80. The second-order valence-corrected chi connectivity index (χ2v) is 9.77. The second kappa shape index (κ2) is 9.71. The number of carbonyl (C=O) groups is 1. The van der Waals surface area contributed by atoms with Crippen LogP contribution in [-0.2, 0) is 14.8 Å². The van der Waals surface area contributed by atoms with E-state index < -0.39 is 15.9 Å². The summed E-state index contributed by atoms with van der Waals surface area (Å²) in [5.41, 5.74) is 1.16. The molecule has 0 aromatic heterocycles. The summed E-state index contributed by atoms with van der Waals surface area (Å²) in [6.45, 7) is 3.08. The minimum absolute atomic E-state index is 0.120. The first-order valence-corrected chi connectivity index (χ1v) is 11.6. The van der Waals surface area contributed by atoms with Crippen LogP contribution in [0.1, 0.15) is 5.56 Å². The molecule has 3 rings (SSSR count). The Morgan fingerprint density at radius 3 is 2.35 bits per heavy atom. The monoisotopic (exact) mass is 478 g/mol. The number of halogens is 2. The van der Waals surface area contributed by atoms with E-state index in [-0.39, 0.29) is 23.6 Å². The molecule has 1 heterocycles. The molecule has 7 nitrogen and oxygen atoms in total. The third kappa shape index (κ3) is 5.57. The molecule has 0 saturated carbocycles. The Hall–Kier alpha value is -2.57. The molecule has 2 aromatic rings. The molecular weight excluding hydrogens is 459 g/mol. The molecule has 162 valence electrons. The number of nitrogens with one attached hydrogen (secondary N) is 1. The maximum Gasteiger partial charge on any atom is 0.267 e. The van der Waals surface area contributed by atoms with E-state index >= 15 is 0 Å². The number of sulfonamides is 1. The molecule has 1 aliphatic rings. The number of aryl methyl sites for hydroxylation is 1. The molecule has 31 heavy (non-hydrogen) atoms. The zero-order chi connectivity index (χ0) is 22.6. The summed E-state index contributed by atoms with van der Waals surface area (Å²) >= 11 is 12.0. The zero-order valence-corrected chi connectivity index (χ0v) is 19.0. The second-order valence-electron chi connectivity index (χ2n) is 6.99. The Balaban J connectivity index is 1.66. The lowest BCUT2D eigenvalue weighted by Gasteiger charge is -2.33. The largest absolute Gasteiger partial charge is 0.373 e. The summed E-state index contributed by atoms with van der Waals surface area (Å²) in [4.78, 5) is 14.5. The number of piperazine rings is 1. The van der Waals surface area contributed by atoms with Gasteiger partial charge in [0.05, 0.1) is 15.6 Å². The summed E-state index contributed by atoms with van der Waals surface area (Å²) in [6, 6.07) is 13.2. The summed E-state index contributed by atoms with van der Waals surface area (Å²) in [7, 11) is -3.59. The third-order valence-electron chi connectivity index (χ3n) is 4.79. The first kappa shape index (κ1) is 23.1. The molecule has 0 atom stereocenters. The van der Waals surface area contributed by atoms with E-state index in [0.717, 1.165) is 5.56 Å². The van der Waals surface area contributed by atoms with Crippen LogP contribution in [0.2, 0.25) is 10.0 Å². The van der Waals surface area contributed by atoms with Gasteiger partial charge in [0.1, 0.15) is 11.6 Å². The Bertz CT molecular complexity index is 1150. The highest BCUT2D eigenvalue weighted by molar-refractivity contribution is 7.89. The van der Waals surface area contributed by atoms with E-state index in [0.29, 0.717) is 28.8 Å². The van der Waals surface area contributed by atoms with Gasteiger partial charge < -0.3 is 10.2 Å². The minimum Gasteiger partial charge on any atom is -0.373 e. The van der Waals surface area contributed by atoms with Crippen molar-refractivity contribution in [1.29, 1.82) is 5.26 Å². The number of amides is 1. The number of benzene rings is 2. The SMILES string of the molecule is Cc1ccc(S(=O)(=O)N2CCN(/C=C(/C#N)C(=O)Nc3cc(Cl)ccc3Cl)CC2)cc1. The van der Waals surface area contributed by atoms with E-state index in [2.05, 4.69) is 5.32 Å². The van der Waals surface area contributed by atoms with Crippen molar-refractivity contribution in [2.75, 3.05) is 31.5 Å². The van der Waals surface area contributed by atoms with Crippen molar-refractivity contribution in [3.8, 4) is 6.07 Å². The molecule has 2 aromatic carbocycles. The van der Waals surface area contributed by atoms with Crippen LogP contribution < -0.4 is 5.32 Å². The number of rotatable bonds is 5. The maximum atomic E-state index is 12.8. The molecule has 0 radical (unpaired) electrons. The Kier molecular flexibility index (Phi) is 7.23. The van der Waals surface area contributed by atoms with E-state index in [1.807, 2.05) is 13.0 Å². The first-order valence-electron chi connectivity index (χ1n) is 9.40. The van der Waals surface area contributed by atoms with Crippen LogP contribution in [0.4, 0.5) is 5.69 Å². The van der Waals surface area contributed by atoms with Crippen LogP contribution in [0.25, 0.3) is 0 Å². The molecule has 1 saturated heterocycles. The summed E-state index contributed by atoms with van der Waals surface area (Å²) in [5.74, 6) is -0.624. The molecule has 1 amide bonds. The first-order chi connectivity index (χ1) is 14.7. The van der Waals surface area contributed by atoms with Gasteiger partial charge >= 0.3 is 0 Å². The predicted octanol–water partition coefficient (Wildman–Crippen LogP) is 3.65. The molecular formula is C21H20Cl2N4O3S. The van der Waals surface area contributed by atoms with Crippen LogP contribution in [0.15, 0.2) is 59.1 Å². The van der Waals surface area contributed by atoms with Gasteiger partial charge in [-0.15, -0.1) is 0 Å². The Morgan fingerprint density at radius 1 is 1.10 bits per heavy atom. The van der Waals surface area contributed by atoms with Gasteiger partial charge in [-0.05, 0) is 37.3 Å². The normalized spacial score (nSPS) is 15.4. The van der Waals surface area contributed by atoms with Crippen molar-refractivity contribution in [1.82, 2.24) is 9.21 Å². The summed E-state index contributed by atoms with van der Waals surface area (Å²) < 4.78 is 27.0. The van der Waals surface area contributed by atoms with Crippen LogP contribution in [-0.4, -0.2) is 49.7 Å². The molecule has 0 aliphatic carbocycles. The van der Waals surface area contributed by atoms with Gasteiger partial charge in [-0.2, -0.15) is 9.57 Å². The van der Waals surface area contributed by atoms with Crippen molar-refractivity contribution in [2.45, 2.75) is 11.8 Å². The van der Waals surface area contributed by atoms with E-state index in [1.165, 1.54) is 16.6 Å². The summed E-state index contributed by atoms with van der Waals surface area (Å²) in [6.07, 6.45) is 1.43. The average molecular weight is 479 g/mol. The van der Waals surface area contributed by atoms with Gasteiger partial charge in [-0.1, -0.05) is 40.9 Å². The van der Waals surface area contributed by atoms with Gasteiger partial charge in [0.25, 0.3) is 5.91 Å².